The van der Waals surface area contributed by atoms with Gasteiger partial charge in [-0.15, -0.1) is 0 Å². The predicted molar refractivity (Wildman–Crippen MR) is 37.7 cm³/mol. The summed E-state index contributed by atoms with van der Waals surface area (Å²) in [4.78, 5) is 2.93. The lowest BCUT2D eigenvalue weighted by Gasteiger charge is -1.93. The maximum absolute atomic E-state index is 5.22. The van der Waals surface area contributed by atoms with Gasteiger partial charge in [0.2, 0.25) is 0 Å². The molecule has 1 heterocycles. The van der Waals surface area contributed by atoms with Crippen molar-refractivity contribution in [2.75, 3.05) is 6.61 Å². The average molecular weight is 139 g/mol. The molecule has 0 fully saturated rings. The summed E-state index contributed by atoms with van der Waals surface area (Å²) in [5.41, 5.74) is 0. The van der Waals surface area contributed by atoms with E-state index in [1.165, 1.54) is 0 Å². The molecule has 1 aromatic rings. The standard InChI is InChI=1S/C7H10N2O/c1-3-6-10-7-8-4-5-9(7)2/h3-5H,1,6H2,2H3/p+1. The van der Waals surface area contributed by atoms with E-state index in [0.717, 1.165) is 6.01 Å². The van der Waals surface area contributed by atoms with E-state index in [2.05, 4.69) is 11.6 Å². The van der Waals surface area contributed by atoms with Crippen molar-refractivity contribution >= 4 is 0 Å². The van der Waals surface area contributed by atoms with Crippen LogP contribution in [0.1, 0.15) is 0 Å². The van der Waals surface area contributed by atoms with E-state index in [4.69, 9.17) is 4.74 Å². The van der Waals surface area contributed by atoms with Crippen molar-refractivity contribution in [2.24, 2.45) is 7.05 Å². The molecule has 0 radical (unpaired) electrons. The molecule has 1 rings (SSSR count). The molecule has 1 aromatic heterocycles. The van der Waals surface area contributed by atoms with Crippen molar-refractivity contribution in [3.63, 3.8) is 0 Å². The van der Waals surface area contributed by atoms with Crippen molar-refractivity contribution in [2.45, 2.75) is 0 Å². The molecule has 0 saturated heterocycles. The van der Waals surface area contributed by atoms with E-state index in [9.17, 15) is 0 Å². The number of imidazole rings is 1. The first-order valence-corrected chi connectivity index (χ1v) is 3.11. The van der Waals surface area contributed by atoms with Crippen molar-refractivity contribution in [1.29, 1.82) is 0 Å². The van der Waals surface area contributed by atoms with Gasteiger partial charge in [-0.25, -0.2) is 9.55 Å². The number of hydrogen-bond acceptors (Lipinski definition) is 1. The van der Waals surface area contributed by atoms with E-state index in [-0.39, 0.29) is 0 Å². The Morgan fingerprint density at radius 3 is 3.20 bits per heavy atom. The van der Waals surface area contributed by atoms with Gasteiger partial charge in [-0.3, -0.25) is 0 Å². The van der Waals surface area contributed by atoms with Gasteiger partial charge >= 0.3 is 6.01 Å². The van der Waals surface area contributed by atoms with Crippen LogP contribution >= 0.6 is 0 Å². The summed E-state index contributed by atoms with van der Waals surface area (Å²) in [5, 5.41) is 0. The lowest BCUT2D eigenvalue weighted by molar-refractivity contribution is -0.675. The Labute approximate surface area is 60.0 Å². The van der Waals surface area contributed by atoms with Gasteiger partial charge in [0.1, 0.15) is 19.0 Å². The fourth-order valence-electron chi connectivity index (χ4n) is 0.671. The molecule has 54 valence electrons. The van der Waals surface area contributed by atoms with E-state index < -0.39 is 0 Å². The van der Waals surface area contributed by atoms with Gasteiger partial charge in [-0.1, -0.05) is 12.7 Å². The van der Waals surface area contributed by atoms with E-state index in [1.807, 2.05) is 24.0 Å². The molecular weight excluding hydrogens is 128 g/mol. The Balaban J connectivity index is 2.56. The molecule has 0 aliphatic carbocycles. The number of ether oxygens (including phenoxy) is 1. The molecule has 0 bridgehead atoms. The quantitative estimate of drug-likeness (QED) is 0.476. The lowest BCUT2D eigenvalue weighted by atomic mass is 10.7. The third-order valence-corrected chi connectivity index (χ3v) is 1.16. The minimum Gasteiger partial charge on any atom is -0.427 e. The Morgan fingerprint density at radius 1 is 1.90 bits per heavy atom. The number of aryl methyl sites for hydroxylation is 1. The first-order chi connectivity index (χ1) is 4.84. The van der Waals surface area contributed by atoms with Crippen LogP contribution in [0.25, 0.3) is 0 Å². The number of nitrogens with one attached hydrogen (secondary N) is 1. The van der Waals surface area contributed by atoms with Crippen molar-refractivity contribution < 1.29 is 9.30 Å². The van der Waals surface area contributed by atoms with Crippen LogP contribution in [-0.2, 0) is 7.05 Å². The molecule has 10 heavy (non-hydrogen) atoms. The third-order valence-electron chi connectivity index (χ3n) is 1.16. The molecule has 3 heteroatoms. The van der Waals surface area contributed by atoms with Crippen LogP contribution < -0.4 is 9.30 Å². The van der Waals surface area contributed by atoms with Crippen LogP contribution in [0.3, 0.4) is 0 Å². The summed E-state index contributed by atoms with van der Waals surface area (Å²) < 4.78 is 7.08. The summed E-state index contributed by atoms with van der Waals surface area (Å²) in [5.74, 6) is 0. The number of aromatic nitrogens is 2. The second-order valence-electron chi connectivity index (χ2n) is 1.98. The summed E-state index contributed by atoms with van der Waals surface area (Å²) in [6, 6.07) is 0.750. The molecule has 0 amide bonds. The maximum Gasteiger partial charge on any atom is 0.453 e. The first kappa shape index (κ1) is 6.86. The van der Waals surface area contributed by atoms with Gasteiger partial charge in [0.05, 0.1) is 7.05 Å². The highest BCUT2D eigenvalue weighted by Gasteiger charge is 2.04. The molecule has 1 N–H and O–H groups in total. The SMILES string of the molecule is C=CCOc1[nH]cc[n+]1C. The second kappa shape index (κ2) is 3.06. The molecule has 0 unspecified atom stereocenters. The summed E-state index contributed by atoms with van der Waals surface area (Å²) in [6.45, 7) is 4.08. The topological polar surface area (TPSA) is 28.9 Å². The smallest absolute Gasteiger partial charge is 0.427 e. The molecule has 0 atom stereocenters. The van der Waals surface area contributed by atoms with Gasteiger partial charge in [0.25, 0.3) is 0 Å². The summed E-state index contributed by atoms with van der Waals surface area (Å²) in [6.07, 6.45) is 5.41. The molecule has 0 spiro atoms. The number of H-pyrrole nitrogens is 1. The van der Waals surface area contributed by atoms with E-state index >= 15 is 0 Å². The number of rotatable bonds is 3. The number of nitrogens with zero attached hydrogens (tertiary/aromatic N) is 1. The predicted octanol–water partition coefficient (Wildman–Crippen LogP) is 0.404. The Morgan fingerprint density at radius 2 is 2.70 bits per heavy atom. The Bertz CT molecular complexity index is 217. The largest absolute Gasteiger partial charge is 0.453 e. The van der Waals surface area contributed by atoms with Crippen LogP contribution in [-0.4, -0.2) is 11.6 Å². The number of aromatic amines is 1. The van der Waals surface area contributed by atoms with Crippen LogP contribution in [0, 0.1) is 0 Å². The van der Waals surface area contributed by atoms with Crippen LogP contribution in [0.15, 0.2) is 25.0 Å². The fraction of sp³-hybridized carbons (Fsp3) is 0.286. The highest BCUT2D eigenvalue weighted by Crippen LogP contribution is 1.93. The highest BCUT2D eigenvalue weighted by molar-refractivity contribution is 4.83. The van der Waals surface area contributed by atoms with Gasteiger partial charge in [-0.2, -0.15) is 0 Å². The maximum atomic E-state index is 5.22. The van der Waals surface area contributed by atoms with Crippen molar-refractivity contribution in [3.05, 3.63) is 25.0 Å². The second-order valence-corrected chi connectivity index (χ2v) is 1.98. The zero-order valence-electron chi connectivity index (χ0n) is 6.00. The van der Waals surface area contributed by atoms with Crippen LogP contribution in [0.4, 0.5) is 0 Å². The molecular formula is C7H11N2O+. The van der Waals surface area contributed by atoms with Crippen molar-refractivity contribution in [1.82, 2.24) is 4.98 Å². The third kappa shape index (κ3) is 1.37. The Kier molecular flexibility index (Phi) is 2.10. The summed E-state index contributed by atoms with van der Waals surface area (Å²) in [7, 11) is 1.91. The minimum atomic E-state index is 0.536. The lowest BCUT2D eigenvalue weighted by Crippen LogP contribution is -2.27. The number of hydrogen-bond donors (Lipinski definition) is 1. The zero-order chi connectivity index (χ0) is 7.40. The summed E-state index contributed by atoms with van der Waals surface area (Å²) >= 11 is 0. The molecule has 3 nitrogen and oxygen atoms in total. The van der Waals surface area contributed by atoms with E-state index in [1.54, 1.807) is 6.08 Å². The van der Waals surface area contributed by atoms with Gasteiger partial charge in [0.15, 0.2) is 0 Å². The van der Waals surface area contributed by atoms with Crippen LogP contribution in [0.2, 0.25) is 0 Å². The molecule has 0 aliphatic heterocycles. The van der Waals surface area contributed by atoms with Gasteiger partial charge in [0, 0.05) is 0 Å². The monoisotopic (exact) mass is 139 g/mol. The van der Waals surface area contributed by atoms with Crippen molar-refractivity contribution in [3.8, 4) is 6.01 Å². The minimum absolute atomic E-state index is 0.536. The van der Waals surface area contributed by atoms with Gasteiger partial charge in [-0.05, 0) is 0 Å². The Hall–Kier alpha value is -1.25. The average Bonchev–Trinajstić information content (AvgIpc) is 2.31. The van der Waals surface area contributed by atoms with E-state index in [0.29, 0.717) is 6.61 Å². The molecule has 0 aliphatic rings. The fourth-order valence-corrected chi connectivity index (χ4v) is 0.671. The first-order valence-electron chi connectivity index (χ1n) is 3.11. The normalized spacial score (nSPS) is 9.30. The zero-order valence-corrected chi connectivity index (χ0v) is 6.00. The van der Waals surface area contributed by atoms with Gasteiger partial charge < -0.3 is 4.74 Å². The molecule has 0 aromatic carbocycles. The highest BCUT2D eigenvalue weighted by atomic mass is 16.5. The molecule has 0 saturated carbocycles. The van der Waals surface area contributed by atoms with Crippen LogP contribution in [0.5, 0.6) is 6.01 Å².